The third-order valence-electron chi connectivity index (χ3n) is 5.74. The Hall–Kier alpha value is -1.75. The Morgan fingerprint density at radius 1 is 0.795 bits per heavy atom. The molecule has 0 spiro atoms. The third kappa shape index (κ3) is 16.2. The number of hydrogen-bond acceptors (Lipinski definition) is 8. The molecular weight excluding hydrogens is 520 g/mol. The molecule has 1 amide bonds. The van der Waals surface area contributed by atoms with E-state index >= 15 is 0 Å². The quantitative estimate of drug-likeness (QED) is 0.128. The minimum absolute atomic E-state index is 0. The molecule has 39 heavy (non-hydrogen) atoms. The summed E-state index contributed by atoms with van der Waals surface area (Å²) in [5.74, 6) is -2.86. The molecule has 1 N–H and O–H groups in total. The van der Waals surface area contributed by atoms with Crippen LogP contribution < -0.4 is 79.4 Å². The molecule has 0 aromatic heterocycles. The molecule has 0 aliphatic rings. The minimum atomic E-state index is -1.57. The summed E-state index contributed by atoms with van der Waals surface area (Å²) in [6, 6.07) is 11.9. The number of carbonyl (C=O) groups excluding carboxylic acids is 3. The number of benzene rings is 2. The molecule has 0 heterocycles. The summed E-state index contributed by atoms with van der Waals surface area (Å²) in [6.45, 7) is 2.92. The van der Waals surface area contributed by atoms with E-state index in [4.69, 9.17) is 4.74 Å². The SMILES string of the molecule is CCCCCCCCCCOc1ccc(N=Nc2ccc(C(=O)N[C@@H](CCC(=O)[O-])C(=O)[O-])cc2)cc1.[Na+].[Na+]. The van der Waals surface area contributed by atoms with E-state index in [2.05, 4.69) is 22.5 Å². The Balaban J connectivity index is 0.00000722. The van der Waals surface area contributed by atoms with Crippen LogP contribution in [0.2, 0.25) is 0 Å². The molecule has 0 aliphatic heterocycles. The molecule has 0 unspecified atom stereocenters. The van der Waals surface area contributed by atoms with Gasteiger partial charge in [-0.1, -0.05) is 51.9 Å². The van der Waals surface area contributed by atoms with Crippen LogP contribution in [-0.2, 0) is 9.59 Å². The van der Waals surface area contributed by atoms with E-state index < -0.39 is 30.3 Å². The zero-order chi connectivity index (χ0) is 26.9. The van der Waals surface area contributed by atoms with Crippen molar-refractivity contribution in [2.45, 2.75) is 77.2 Å². The number of rotatable bonds is 18. The maximum absolute atomic E-state index is 12.3. The molecular formula is C28H35N3Na2O6. The second kappa shape index (κ2) is 22.0. The molecule has 0 bridgehead atoms. The molecule has 11 heteroatoms. The van der Waals surface area contributed by atoms with Gasteiger partial charge in [-0.3, -0.25) is 4.79 Å². The van der Waals surface area contributed by atoms with Crippen molar-refractivity contribution in [1.82, 2.24) is 5.32 Å². The Bertz CT molecular complexity index is 1020. The van der Waals surface area contributed by atoms with Gasteiger partial charge in [-0.2, -0.15) is 10.2 Å². The van der Waals surface area contributed by atoms with Gasteiger partial charge in [0.25, 0.3) is 5.91 Å². The van der Waals surface area contributed by atoms with E-state index in [1.54, 1.807) is 24.3 Å². The zero-order valence-corrected chi connectivity index (χ0v) is 27.3. The number of unbranched alkanes of at least 4 members (excludes halogenated alkanes) is 7. The molecule has 0 saturated heterocycles. The van der Waals surface area contributed by atoms with Crippen LogP contribution in [0.3, 0.4) is 0 Å². The maximum Gasteiger partial charge on any atom is 1.00 e. The summed E-state index contributed by atoms with van der Waals surface area (Å²) in [5.41, 5.74) is 1.34. The maximum atomic E-state index is 12.3. The first-order valence-corrected chi connectivity index (χ1v) is 12.8. The van der Waals surface area contributed by atoms with Crippen LogP contribution in [0.25, 0.3) is 0 Å². The van der Waals surface area contributed by atoms with E-state index in [9.17, 15) is 24.6 Å². The summed E-state index contributed by atoms with van der Waals surface area (Å²) >= 11 is 0. The van der Waals surface area contributed by atoms with Crippen LogP contribution in [0.5, 0.6) is 5.75 Å². The van der Waals surface area contributed by atoms with Crippen LogP contribution in [0, 0.1) is 0 Å². The monoisotopic (exact) mass is 555 g/mol. The van der Waals surface area contributed by atoms with Crippen molar-refractivity contribution < 1.29 is 88.4 Å². The number of azo groups is 1. The Kier molecular flexibility index (Phi) is 21.0. The number of nitrogens with one attached hydrogen (secondary N) is 1. The summed E-state index contributed by atoms with van der Waals surface area (Å²) in [5, 5.41) is 32.2. The second-order valence-electron chi connectivity index (χ2n) is 8.82. The van der Waals surface area contributed by atoms with Gasteiger partial charge in [-0.15, -0.1) is 0 Å². The van der Waals surface area contributed by atoms with Gasteiger partial charge in [-0.05, 0) is 67.8 Å². The summed E-state index contributed by atoms with van der Waals surface area (Å²) in [7, 11) is 0. The van der Waals surface area contributed by atoms with Crippen molar-refractivity contribution in [2.75, 3.05) is 6.61 Å². The predicted molar refractivity (Wildman–Crippen MR) is 136 cm³/mol. The van der Waals surface area contributed by atoms with Crippen LogP contribution in [0.15, 0.2) is 58.8 Å². The minimum Gasteiger partial charge on any atom is -0.550 e. The predicted octanol–water partition coefficient (Wildman–Crippen LogP) is -1.99. The number of aliphatic carboxylic acids is 2. The molecule has 0 saturated carbocycles. The first-order valence-electron chi connectivity index (χ1n) is 12.8. The van der Waals surface area contributed by atoms with Gasteiger partial charge in [0.1, 0.15) is 5.75 Å². The number of amides is 1. The van der Waals surface area contributed by atoms with Crippen LogP contribution in [0.1, 0.15) is 81.5 Å². The topological polar surface area (TPSA) is 143 Å². The van der Waals surface area contributed by atoms with Crippen LogP contribution >= 0.6 is 0 Å². The number of hydrogen-bond donors (Lipinski definition) is 1. The largest absolute Gasteiger partial charge is 1.00 e. The van der Waals surface area contributed by atoms with E-state index in [1.165, 1.54) is 57.1 Å². The van der Waals surface area contributed by atoms with Crippen molar-refractivity contribution in [3.05, 3.63) is 54.1 Å². The molecule has 200 valence electrons. The van der Waals surface area contributed by atoms with E-state index in [0.29, 0.717) is 18.0 Å². The van der Waals surface area contributed by atoms with E-state index in [1.807, 2.05) is 12.1 Å². The molecule has 1 atom stereocenters. The van der Waals surface area contributed by atoms with Gasteiger partial charge in [0, 0.05) is 11.5 Å². The van der Waals surface area contributed by atoms with Crippen LogP contribution in [0.4, 0.5) is 11.4 Å². The number of ether oxygens (including phenoxy) is 1. The molecule has 9 nitrogen and oxygen atoms in total. The number of carboxylic acid groups (broad SMARTS) is 2. The van der Waals surface area contributed by atoms with Crippen molar-refractivity contribution >= 4 is 29.2 Å². The third-order valence-corrected chi connectivity index (χ3v) is 5.74. The van der Waals surface area contributed by atoms with E-state index in [0.717, 1.165) is 12.2 Å². The van der Waals surface area contributed by atoms with Gasteiger partial charge in [-0.25, -0.2) is 0 Å². The zero-order valence-electron chi connectivity index (χ0n) is 23.3. The smallest absolute Gasteiger partial charge is 0.550 e. The van der Waals surface area contributed by atoms with Gasteiger partial charge in [0.15, 0.2) is 0 Å². The molecule has 0 radical (unpaired) electrons. The molecule has 0 fully saturated rings. The Labute approximate surface area is 274 Å². The van der Waals surface area contributed by atoms with Crippen molar-refractivity contribution in [2.24, 2.45) is 10.2 Å². The van der Waals surface area contributed by atoms with E-state index in [-0.39, 0.29) is 71.1 Å². The fourth-order valence-electron chi connectivity index (χ4n) is 3.58. The second-order valence-corrected chi connectivity index (χ2v) is 8.82. The standard InChI is InChI=1S/C28H37N3O6.2Na/c1-2-3-4-5-6-7-8-9-20-37-24-16-14-23(15-17-24)31-30-22-12-10-21(11-13-22)27(34)29-25(28(35)36)18-19-26(32)33;;/h10-17,25H,2-9,18-20H2,1H3,(H,29,34)(H,32,33)(H,35,36);;/q;2*+1/p-2/t25-;;/m0../s1. The fourth-order valence-corrected chi connectivity index (χ4v) is 3.58. The molecule has 0 aliphatic carbocycles. The van der Waals surface area contributed by atoms with Gasteiger partial charge < -0.3 is 29.9 Å². The fraction of sp³-hybridized carbons (Fsp3) is 0.464. The average Bonchev–Trinajstić information content (AvgIpc) is 2.89. The average molecular weight is 556 g/mol. The number of nitrogens with zero attached hydrogens (tertiary/aromatic N) is 2. The number of carbonyl (C=O) groups is 3. The van der Waals surface area contributed by atoms with Crippen molar-refractivity contribution in [3.8, 4) is 5.75 Å². The Morgan fingerprint density at radius 2 is 1.31 bits per heavy atom. The summed E-state index contributed by atoms with van der Waals surface area (Å²) in [6.07, 6.45) is 9.19. The normalized spacial score (nSPS) is 11.2. The van der Waals surface area contributed by atoms with Gasteiger partial charge in [0.2, 0.25) is 0 Å². The first kappa shape index (κ1) is 37.2. The molecule has 2 aromatic carbocycles. The van der Waals surface area contributed by atoms with Gasteiger partial charge >= 0.3 is 59.1 Å². The van der Waals surface area contributed by atoms with Crippen molar-refractivity contribution in [1.29, 1.82) is 0 Å². The van der Waals surface area contributed by atoms with Crippen LogP contribution in [-0.4, -0.2) is 30.5 Å². The summed E-state index contributed by atoms with van der Waals surface area (Å²) < 4.78 is 5.79. The molecule has 2 aromatic rings. The van der Waals surface area contributed by atoms with Gasteiger partial charge in [0.05, 0.1) is 30.0 Å². The Morgan fingerprint density at radius 3 is 1.82 bits per heavy atom. The van der Waals surface area contributed by atoms with Crippen molar-refractivity contribution in [3.63, 3.8) is 0 Å². The number of carboxylic acids is 2. The first-order chi connectivity index (χ1) is 17.9. The summed E-state index contributed by atoms with van der Waals surface area (Å²) in [4.78, 5) is 33.9. The molecule has 2 rings (SSSR count).